The van der Waals surface area contributed by atoms with Gasteiger partial charge in [-0.15, -0.1) is 0 Å². The number of hydrogen-bond acceptors (Lipinski definition) is 8. The van der Waals surface area contributed by atoms with Gasteiger partial charge in [0.25, 0.3) is 0 Å². The summed E-state index contributed by atoms with van der Waals surface area (Å²) in [5.74, 6) is 2.34. The number of ether oxygens (including phenoxy) is 2. The van der Waals surface area contributed by atoms with E-state index < -0.39 is 0 Å². The van der Waals surface area contributed by atoms with Crippen molar-refractivity contribution in [2.45, 2.75) is 6.92 Å². The summed E-state index contributed by atoms with van der Waals surface area (Å²) >= 11 is 0. The number of hydrogen-bond donors (Lipinski definition) is 2. The number of rotatable bonds is 7. The molecule has 0 aliphatic carbocycles. The highest BCUT2D eigenvalue weighted by atomic mass is 16.5. The van der Waals surface area contributed by atoms with Crippen LogP contribution in [0.2, 0.25) is 0 Å². The van der Waals surface area contributed by atoms with E-state index in [-0.39, 0.29) is 0 Å². The van der Waals surface area contributed by atoms with E-state index in [0.29, 0.717) is 24.3 Å². The van der Waals surface area contributed by atoms with Gasteiger partial charge in [-0.2, -0.15) is 4.98 Å². The smallest absolute Gasteiger partial charge is 0.229 e. The maximum atomic E-state index is 6.17. The highest BCUT2D eigenvalue weighted by molar-refractivity contribution is 5.80. The number of para-hydroxylation sites is 2. The first-order chi connectivity index (χ1) is 16.2. The second-order valence-electron chi connectivity index (χ2n) is 7.94. The Labute approximate surface area is 192 Å². The number of fused-ring (bicyclic) bond motifs is 1. The number of aromatic nitrogens is 4. The molecule has 0 unspecified atom stereocenters. The van der Waals surface area contributed by atoms with Crippen LogP contribution in [0.5, 0.6) is 5.75 Å². The van der Waals surface area contributed by atoms with Crippen LogP contribution in [0.15, 0.2) is 54.7 Å². The summed E-state index contributed by atoms with van der Waals surface area (Å²) in [4.78, 5) is 15.8. The number of benzene rings is 2. The fourth-order valence-corrected chi connectivity index (χ4v) is 3.89. The number of nitrogens with one attached hydrogen (secondary N) is 1. The number of morpholine rings is 1. The van der Waals surface area contributed by atoms with Crippen molar-refractivity contribution in [2.75, 3.05) is 50.5 Å². The fourth-order valence-electron chi connectivity index (χ4n) is 3.89. The zero-order chi connectivity index (χ0) is 22.6. The first-order valence-electron chi connectivity index (χ1n) is 11.0. The molecule has 5 rings (SSSR count). The molecular weight excluding hydrogens is 418 g/mol. The van der Waals surface area contributed by atoms with Gasteiger partial charge in [0, 0.05) is 43.7 Å². The Morgan fingerprint density at radius 2 is 1.94 bits per heavy atom. The molecular formula is C24H27N7O2. The molecule has 3 heterocycles. The third-order valence-corrected chi connectivity index (χ3v) is 5.67. The lowest BCUT2D eigenvalue weighted by molar-refractivity contribution is 0.0322. The molecule has 2 aromatic carbocycles. The maximum absolute atomic E-state index is 6.17. The summed E-state index contributed by atoms with van der Waals surface area (Å²) in [5.41, 5.74) is 9.81. The number of aryl methyl sites for hydroxylation is 1. The number of anilines is 3. The predicted molar refractivity (Wildman–Crippen MR) is 128 cm³/mol. The molecule has 0 atom stereocenters. The van der Waals surface area contributed by atoms with Crippen molar-refractivity contribution in [1.82, 2.24) is 24.4 Å². The summed E-state index contributed by atoms with van der Waals surface area (Å²) in [5, 5.41) is 3.28. The monoisotopic (exact) mass is 445 g/mol. The van der Waals surface area contributed by atoms with Crippen LogP contribution in [0.3, 0.4) is 0 Å². The van der Waals surface area contributed by atoms with Crippen molar-refractivity contribution in [3.05, 3.63) is 60.3 Å². The average molecular weight is 446 g/mol. The zero-order valence-electron chi connectivity index (χ0n) is 18.6. The second-order valence-corrected chi connectivity index (χ2v) is 7.94. The minimum atomic E-state index is 0.382. The summed E-state index contributed by atoms with van der Waals surface area (Å²) in [7, 11) is 0. The predicted octanol–water partition coefficient (Wildman–Crippen LogP) is 3.16. The third-order valence-electron chi connectivity index (χ3n) is 5.67. The van der Waals surface area contributed by atoms with Crippen LogP contribution >= 0.6 is 0 Å². The van der Waals surface area contributed by atoms with Crippen LogP contribution in [-0.2, 0) is 4.74 Å². The van der Waals surface area contributed by atoms with Crippen molar-refractivity contribution < 1.29 is 9.47 Å². The number of nitrogens with two attached hydrogens (primary N) is 1. The highest BCUT2D eigenvalue weighted by Crippen LogP contribution is 2.26. The molecule has 1 aliphatic heterocycles. The molecule has 9 nitrogen and oxygen atoms in total. The molecule has 0 bridgehead atoms. The van der Waals surface area contributed by atoms with Gasteiger partial charge >= 0.3 is 0 Å². The van der Waals surface area contributed by atoms with Crippen LogP contribution in [-0.4, -0.2) is 63.9 Å². The Kier molecular flexibility index (Phi) is 6.05. The van der Waals surface area contributed by atoms with E-state index in [1.807, 2.05) is 60.0 Å². The van der Waals surface area contributed by atoms with Gasteiger partial charge in [-0.05, 0) is 30.7 Å². The lowest BCUT2D eigenvalue weighted by atomic mass is 10.2. The van der Waals surface area contributed by atoms with Crippen molar-refractivity contribution >= 4 is 28.6 Å². The molecule has 0 saturated carbocycles. The van der Waals surface area contributed by atoms with Crippen LogP contribution in [0, 0.1) is 6.92 Å². The zero-order valence-corrected chi connectivity index (χ0v) is 18.6. The van der Waals surface area contributed by atoms with Crippen LogP contribution in [0.25, 0.3) is 16.9 Å². The average Bonchev–Trinajstić information content (AvgIpc) is 3.17. The van der Waals surface area contributed by atoms with E-state index in [2.05, 4.69) is 25.2 Å². The third kappa shape index (κ3) is 4.74. The first-order valence-corrected chi connectivity index (χ1v) is 11.0. The molecule has 1 saturated heterocycles. The van der Waals surface area contributed by atoms with E-state index in [9.17, 15) is 0 Å². The van der Waals surface area contributed by atoms with Crippen LogP contribution < -0.4 is 15.8 Å². The molecule has 4 aromatic rings. The summed E-state index contributed by atoms with van der Waals surface area (Å²) < 4.78 is 13.3. The Morgan fingerprint density at radius 3 is 2.82 bits per heavy atom. The second kappa shape index (κ2) is 9.43. The maximum Gasteiger partial charge on any atom is 0.229 e. The minimum Gasteiger partial charge on any atom is -0.492 e. The Balaban J connectivity index is 1.31. The Morgan fingerprint density at radius 1 is 1.09 bits per heavy atom. The summed E-state index contributed by atoms with van der Waals surface area (Å²) in [6, 6.07) is 15.6. The molecule has 0 amide bonds. The SMILES string of the molecule is Cc1ccc(Nc2nccc(-n3c(N)nc4ccccc43)n2)cc1OCCN1CCOCC1. The van der Waals surface area contributed by atoms with Crippen molar-refractivity contribution in [3.63, 3.8) is 0 Å². The van der Waals surface area contributed by atoms with Gasteiger partial charge in [-0.1, -0.05) is 18.2 Å². The van der Waals surface area contributed by atoms with Gasteiger partial charge in [-0.3, -0.25) is 9.47 Å². The normalized spacial score (nSPS) is 14.5. The van der Waals surface area contributed by atoms with Gasteiger partial charge in [0.05, 0.1) is 24.2 Å². The van der Waals surface area contributed by atoms with Crippen LogP contribution in [0.1, 0.15) is 5.56 Å². The minimum absolute atomic E-state index is 0.382. The Hall–Kier alpha value is -3.69. The lowest BCUT2D eigenvalue weighted by Gasteiger charge is -2.26. The van der Waals surface area contributed by atoms with Gasteiger partial charge in [0.2, 0.25) is 11.9 Å². The summed E-state index contributed by atoms with van der Waals surface area (Å²) in [6.45, 7) is 7.03. The Bertz CT molecular complexity index is 1250. The lowest BCUT2D eigenvalue weighted by Crippen LogP contribution is -2.38. The number of nitrogen functional groups attached to an aromatic ring is 1. The van der Waals surface area contributed by atoms with Crippen LogP contribution in [0.4, 0.5) is 17.6 Å². The van der Waals surface area contributed by atoms with Gasteiger partial charge in [-0.25, -0.2) is 9.97 Å². The van der Waals surface area contributed by atoms with Gasteiger partial charge < -0.3 is 20.5 Å². The molecule has 3 N–H and O–H groups in total. The number of imidazole rings is 1. The molecule has 1 aliphatic rings. The van der Waals surface area contributed by atoms with E-state index in [1.165, 1.54) is 0 Å². The quantitative estimate of drug-likeness (QED) is 0.447. The summed E-state index contributed by atoms with van der Waals surface area (Å²) in [6.07, 6.45) is 1.70. The van der Waals surface area contributed by atoms with Gasteiger partial charge in [0.15, 0.2) is 0 Å². The van der Waals surface area contributed by atoms with Crippen molar-refractivity contribution in [2.24, 2.45) is 0 Å². The van der Waals surface area contributed by atoms with E-state index in [0.717, 1.165) is 60.9 Å². The molecule has 0 spiro atoms. The molecule has 1 fully saturated rings. The largest absolute Gasteiger partial charge is 0.492 e. The standard InChI is InChI=1S/C24H27N7O2/c1-17-6-7-18(16-21(17)33-15-12-30-10-13-32-14-11-30)27-24-26-9-8-22(29-24)31-20-5-3-2-4-19(20)28-23(31)25/h2-9,16H,10-15H2,1H3,(H2,25,28)(H,26,27,29). The topological polar surface area (TPSA) is 103 Å². The fraction of sp³-hybridized carbons (Fsp3) is 0.292. The van der Waals surface area contributed by atoms with Crippen molar-refractivity contribution in [3.8, 4) is 11.6 Å². The van der Waals surface area contributed by atoms with Gasteiger partial charge in [0.1, 0.15) is 18.2 Å². The van der Waals surface area contributed by atoms with E-state index >= 15 is 0 Å². The molecule has 2 aromatic heterocycles. The molecule has 9 heteroatoms. The first kappa shape index (κ1) is 21.2. The highest BCUT2D eigenvalue weighted by Gasteiger charge is 2.13. The molecule has 170 valence electrons. The van der Waals surface area contributed by atoms with E-state index in [4.69, 9.17) is 15.2 Å². The van der Waals surface area contributed by atoms with E-state index in [1.54, 1.807) is 6.20 Å². The molecule has 33 heavy (non-hydrogen) atoms. The molecule has 0 radical (unpaired) electrons. The van der Waals surface area contributed by atoms with Crippen molar-refractivity contribution in [1.29, 1.82) is 0 Å². The number of nitrogens with zero attached hydrogens (tertiary/aromatic N) is 5.